The number of carbonyl (C=O) groups is 1. The van der Waals surface area contributed by atoms with Gasteiger partial charge in [-0.2, -0.15) is 0 Å². The zero-order chi connectivity index (χ0) is 10.4. The average Bonchev–Trinajstić information content (AvgIpc) is 2.19. The van der Waals surface area contributed by atoms with Crippen LogP contribution in [0.1, 0.15) is 0 Å². The molecule has 1 aromatic carbocycles. The number of ether oxygens (including phenoxy) is 1. The first-order valence-electron chi connectivity index (χ1n) is 4.24. The highest BCUT2D eigenvalue weighted by molar-refractivity contribution is 5.89. The van der Waals surface area contributed by atoms with Crippen LogP contribution in [0.5, 0.6) is 5.75 Å². The summed E-state index contributed by atoms with van der Waals surface area (Å²) in [5, 5.41) is 5.18. The van der Waals surface area contributed by atoms with Crippen molar-refractivity contribution in [2.75, 3.05) is 19.0 Å². The van der Waals surface area contributed by atoms with E-state index in [2.05, 4.69) is 17.6 Å². The minimum Gasteiger partial charge on any atom is -0.497 e. The molecule has 0 bridgehead atoms. The van der Waals surface area contributed by atoms with Crippen LogP contribution in [-0.2, 0) is 0 Å². The van der Waals surface area contributed by atoms with Crippen LogP contribution in [0.2, 0.25) is 0 Å². The van der Waals surface area contributed by atoms with Gasteiger partial charge in [-0.1, -0.05) is 0 Å². The van der Waals surface area contributed by atoms with Crippen molar-refractivity contribution in [1.29, 1.82) is 0 Å². The summed E-state index contributed by atoms with van der Waals surface area (Å²) in [6.45, 7) is 3.87. The number of urea groups is 1. The number of amides is 2. The number of carbonyl (C=O) groups excluding carboxylic acids is 1. The first-order valence-corrected chi connectivity index (χ1v) is 4.24. The standard InChI is InChI=1S/C10H13N2O2/c1-3-11-10(13)12-8-4-6-9(14-2)7-5-8/h4-7H,1,3H2,2H3,(H2,11,12,13). The minimum absolute atomic E-state index is 0.259. The predicted molar refractivity (Wildman–Crippen MR) is 55.4 cm³/mol. The van der Waals surface area contributed by atoms with Crippen molar-refractivity contribution in [2.45, 2.75) is 0 Å². The lowest BCUT2D eigenvalue weighted by Crippen LogP contribution is -2.28. The molecule has 0 heterocycles. The molecule has 1 rings (SSSR count). The molecule has 1 radical (unpaired) electrons. The van der Waals surface area contributed by atoms with Gasteiger partial charge < -0.3 is 15.4 Å². The molecule has 0 saturated heterocycles. The SMILES string of the molecule is [CH2]CNC(=O)Nc1ccc(OC)cc1. The minimum atomic E-state index is -0.259. The summed E-state index contributed by atoms with van der Waals surface area (Å²) in [6, 6.07) is 6.83. The second-order valence-electron chi connectivity index (χ2n) is 2.61. The number of hydrogen-bond donors (Lipinski definition) is 2. The maximum absolute atomic E-state index is 11.1. The van der Waals surface area contributed by atoms with Crippen LogP contribution in [0.4, 0.5) is 10.5 Å². The Balaban J connectivity index is 2.55. The van der Waals surface area contributed by atoms with Gasteiger partial charge in [0.15, 0.2) is 0 Å². The molecular formula is C10H13N2O2. The summed E-state index contributed by atoms with van der Waals surface area (Å²) in [6.07, 6.45) is 0. The molecule has 0 saturated carbocycles. The van der Waals surface area contributed by atoms with E-state index in [-0.39, 0.29) is 6.03 Å². The zero-order valence-electron chi connectivity index (χ0n) is 8.04. The maximum atomic E-state index is 11.1. The van der Waals surface area contributed by atoms with Crippen molar-refractivity contribution in [2.24, 2.45) is 0 Å². The van der Waals surface area contributed by atoms with Crippen LogP contribution in [-0.4, -0.2) is 19.7 Å². The summed E-state index contributed by atoms with van der Waals surface area (Å²) >= 11 is 0. The van der Waals surface area contributed by atoms with Gasteiger partial charge in [-0.3, -0.25) is 0 Å². The van der Waals surface area contributed by atoms with Gasteiger partial charge in [0.2, 0.25) is 0 Å². The number of methoxy groups -OCH3 is 1. The van der Waals surface area contributed by atoms with Gasteiger partial charge in [0.25, 0.3) is 0 Å². The highest BCUT2D eigenvalue weighted by Crippen LogP contribution is 2.14. The highest BCUT2D eigenvalue weighted by Gasteiger charge is 1.98. The molecule has 2 amide bonds. The second kappa shape index (κ2) is 5.11. The molecule has 0 atom stereocenters. The molecule has 2 N–H and O–H groups in total. The van der Waals surface area contributed by atoms with Crippen molar-refractivity contribution in [3.05, 3.63) is 31.2 Å². The summed E-state index contributed by atoms with van der Waals surface area (Å²) < 4.78 is 4.98. The van der Waals surface area contributed by atoms with E-state index in [1.165, 1.54) is 0 Å². The van der Waals surface area contributed by atoms with Crippen molar-refractivity contribution in [3.8, 4) is 5.75 Å². The van der Waals surface area contributed by atoms with E-state index >= 15 is 0 Å². The van der Waals surface area contributed by atoms with Gasteiger partial charge in [-0.25, -0.2) is 4.79 Å². The topological polar surface area (TPSA) is 50.4 Å². The van der Waals surface area contributed by atoms with Crippen LogP contribution < -0.4 is 15.4 Å². The quantitative estimate of drug-likeness (QED) is 0.766. The van der Waals surface area contributed by atoms with Gasteiger partial charge in [0.05, 0.1) is 7.11 Å². The summed E-state index contributed by atoms with van der Waals surface area (Å²) in [7, 11) is 1.60. The van der Waals surface area contributed by atoms with Crippen molar-refractivity contribution >= 4 is 11.7 Å². The van der Waals surface area contributed by atoms with Gasteiger partial charge in [0.1, 0.15) is 5.75 Å². The van der Waals surface area contributed by atoms with Crippen LogP contribution >= 0.6 is 0 Å². The van der Waals surface area contributed by atoms with Gasteiger partial charge >= 0.3 is 6.03 Å². The van der Waals surface area contributed by atoms with E-state index in [4.69, 9.17) is 4.74 Å². The molecule has 1 aromatic rings. The molecular weight excluding hydrogens is 180 g/mol. The van der Waals surface area contributed by atoms with E-state index < -0.39 is 0 Å². The molecule has 0 aliphatic heterocycles. The molecule has 75 valence electrons. The lowest BCUT2D eigenvalue weighted by Gasteiger charge is -2.06. The molecule has 0 aliphatic rings. The lowest BCUT2D eigenvalue weighted by molar-refractivity contribution is 0.253. The number of benzene rings is 1. The fraction of sp³-hybridized carbons (Fsp3) is 0.200. The smallest absolute Gasteiger partial charge is 0.319 e. The van der Waals surface area contributed by atoms with E-state index in [0.717, 1.165) is 11.4 Å². The van der Waals surface area contributed by atoms with E-state index in [1.807, 2.05) is 0 Å². The third-order valence-corrected chi connectivity index (χ3v) is 1.63. The Hall–Kier alpha value is -1.71. The Morgan fingerprint density at radius 2 is 2.07 bits per heavy atom. The zero-order valence-corrected chi connectivity index (χ0v) is 8.04. The third kappa shape index (κ3) is 2.97. The third-order valence-electron chi connectivity index (χ3n) is 1.63. The molecule has 0 fully saturated rings. The van der Waals surface area contributed by atoms with Gasteiger partial charge in [0, 0.05) is 12.2 Å². The monoisotopic (exact) mass is 193 g/mol. The van der Waals surface area contributed by atoms with Crippen LogP contribution in [0.15, 0.2) is 24.3 Å². The second-order valence-corrected chi connectivity index (χ2v) is 2.61. The van der Waals surface area contributed by atoms with E-state index in [0.29, 0.717) is 6.54 Å². The lowest BCUT2D eigenvalue weighted by atomic mass is 10.3. The Bertz CT molecular complexity index is 295. The molecule has 0 unspecified atom stereocenters. The van der Waals surface area contributed by atoms with E-state index in [1.54, 1.807) is 31.4 Å². The first kappa shape index (κ1) is 10.4. The van der Waals surface area contributed by atoms with Crippen LogP contribution in [0.25, 0.3) is 0 Å². The molecule has 4 heteroatoms. The molecule has 0 aromatic heterocycles. The van der Waals surface area contributed by atoms with Gasteiger partial charge in [-0.05, 0) is 31.2 Å². The Morgan fingerprint density at radius 3 is 2.57 bits per heavy atom. The summed E-state index contributed by atoms with van der Waals surface area (Å²) in [5.74, 6) is 0.758. The first-order chi connectivity index (χ1) is 6.76. The summed E-state index contributed by atoms with van der Waals surface area (Å²) in [4.78, 5) is 11.1. The fourth-order valence-electron chi connectivity index (χ4n) is 0.963. The normalized spacial score (nSPS) is 9.29. The predicted octanol–water partition coefficient (Wildman–Crippen LogP) is 1.65. The molecule has 14 heavy (non-hydrogen) atoms. The number of anilines is 1. The van der Waals surface area contributed by atoms with E-state index in [9.17, 15) is 4.79 Å². The number of hydrogen-bond acceptors (Lipinski definition) is 2. The molecule has 0 aliphatic carbocycles. The Kier molecular flexibility index (Phi) is 3.79. The van der Waals surface area contributed by atoms with Gasteiger partial charge in [-0.15, -0.1) is 0 Å². The summed E-state index contributed by atoms with van der Waals surface area (Å²) in [5.41, 5.74) is 0.719. The Labute approximate surface area is 83.3 Å². The number of nitrogens with one attached hydrogen (secondary N) is 2. The fourth-order valence-corrected chi connectivity index (χ4v) is 0.963. The highest BCUT2D eigenvalue weighted by atomic mass is 16.5. The van der Waals surface area contributed by atoms with Crippen molar-refractivity contribution < 1.29 is 9.53 Å². The Morgan fingerprint density at radius 1 is 1.43 bits per heavy atom. The van der Waals surface area contributed by atoms with Crippen molar-refractivity contribution in [1.82, 2.24) is 5.32 Å². The van der Waals surface area contributed by atoms with Crippen LogP contribution in [0.3, 0.4) is 0 Å². The maximum Gasteiger partial charge on any atom is 0.319 e. The average molecular weight is 193 g/mol. The molecule has 0 spiro atoms. The van der Waals surface area contributed by atoms with Crippen LogP contribution in [0, 0.1) is 6.92 Å². The molecule has 4 nitrogen and oxygen atoms in total. The van der Waals surface area contributed by atoms with Crippen molar-refractivity contribution in [3.63, 3.8) is 0 Å². The largest absolute Gasteiger partial charge is 0.497 e. The number of rotatable bonds is 3.